The van der Waals surface area contributed by atoms with E-state index < -0.39 is 0 Å². The van der Waals surface area contributed by atoms with Crippen LogP contribution in [0.3, 0.4) is 0 Å². The Bertz CT molecular complexity index is 653. The van der Waals surface area contributed by atoms with Crippen molar-refractivity contribution in [3.8, 4) is 0 Å². The Balaban J connectivity index is 1.02. The van der Waals surface area contributed by atoms with E-state index >= 15 is 0 Å². The fourth-order valence-electron chi connectivity index (χ4n) is 10.3. The molecule has 2 atom stereocenters. The van der Waals surface area contributed by atoms with Gasteiger partial charge < -0.3 is 9.47 Å². The van der Waals surface area contributed by atoms with Gasteiger partial charge in [-0.05, 0) is 124 Å². The molecule has 2 unspecified atom stereocenters. The molecular formula is C28H40O4. The van der Waals surface area contributed by atoms with Crippen molar-refractivity contribution in [1.82, 2.24) is 0 Å². The summed E-state index contributed by atoms with van der Waals surface area (Å²) in [5, 5.41) is 0. The van der Waals surface area contributed by atoms with Crippen molar-refractivity contribution in [1.29, 1.82) is 0 Å². The first-order chi connectivity index (χ1) is 15.6. The zero-order chi connectivity index (χ0) is 21.4. The monoisotopic (exact) mass is 440 g/mol. The second-order valence-electron chi connectivity index (χ2n) is 13.2. The Hall–Kier alpha value is -1.06. The minimum absolute atomic E-state index is 0.0748. The van der Waals surface area contributed by atoms with E-state index in [1.807, 2.05) is 0 Å². The highest BCUT2D eigenvalue weighted by molar-refractivity contribution is 5.82. The third-order valence-corrected chi connectivity index (χ3v) is 11.2. The fourth-order valence-corrected chi connectivity index (χ4v) is 10.3. The summed E-state index contributed by atoms with van der Waals surface area (Å²) in [6, 6.07) is 0. The van der Waals surface area contributed by atoms with Gasteiger partial charge >= 0.3 is 11.9 Å². The van der Waals surface area contributed by atoms with Gasteiger partial charge in [-0.2, -0.15) is 0 Å². The van der Waals surface area contributed by atoms with E-state index in [0.717, 1.165) is 49.4 Å². The van der Waals surface area contributed by atoms with Gasteiger partial charge in [0.15, 0.2) is 0 Å². The molecule has 4 nitrogen and oxygen atoms in total. The molecule has 8 bridgehead atoms. The van der Waals surface area contributed by atoms with Gasteiger partial charge in [0, 0.05) is 0 Å². The highest BCUT2D eigenvalue weighted by atomic mass is 16.6. The third-order valence-electron chi connectivity index (χ3n) is 11.2. The van der Waals surface area contributed by atoms with Crippen molar-refractivity contribution in [2.45, 2.75) is 102 Å². The van der Waals surface area contributed by atoms with Crippen molar-refractivity contribution in [2.24, 2.45) is 59.2 Å². The van der Waals surface area contributed by atoms with Crippen molar-refractivity contribution >= 4 is 11.9 Å². The molecule has 0 aromatic heterocycles. The van der Waals surface area contributed by atoms with Gasteiger partial charge in [0.25, 0.3) is 0 Å². The molecule has 0 N–H and O–H groups in total. The number of hydrogen-bond donors (Lipinski definition) is 0. The van der Waals surface area contributed by atoms with Crippen LogP contribution in [0.25, 0.3) is 0 Å². The average Bonchev–Trinajstić information content (AvgIpc) is 2.77. The lowest BCUT2D eigenvalue weighted by Gasteiger charge is -2.54. The molecule has 9 saturated carbocycles. The maximum atomic E-state index is 13.4. The molecule has 9 rings (SSSR count). The standard InChI is InChI=1S/C28H40O4/c29-27(31-25-19-7-15-5-16(9-19)10-20(25)8-15)23-3-1-2-4-24(23)28(30)32-26-21-11-17-6-18(13-21)14-22(26)12-17/h15-26H,1-14H2. The zero-order valence-electron chi connectivity index (χ0n) is 19.5. The average molecular weight is 441 g/mol. The normalized spacial score (nSPS) is 52.8. The molecule has 0 aromatic rings. The molecule has 9 fully saturated rings. The molecule has 32 heavy (non-hydrogen) atoms. The number of ether oxygens (including phenoxy) is 2. The van der Waals surface area contributed by atoms with Crippen molar-refractivity contribution < 1.29 is 19.1 Å². The largest absolute Gasteiger partial charge is 0.462 e. The molecule has 176 valence electrons. The molecule has 9 aliphatic carbocycles. The van der Waals surface area contributed by atoms with Gasteiger partial charge in [-0.1, -0.05) is 12.8 Å². The molecule has 0 aromatic carbocycles. The molecule has 9 aliphatic rings. The first kappa shape index (κ1) is 20.3. The van der Waals surface area contributed by atoms with Crippen molar-refractivity contribution in [3.05, 3.63) is 0 Å². The third kappa shape index (κ3) is 3.36. The molecule has 0 saturated heterocycles. The Morgan fingerprint density at radius 2 is 0.781 bits per heavy atom. The van der Waals surface area contributed by atoms with E-state index in [-0.39, 0.29) is 36.0 Å². The topological polar surface area (TPSA) is 52.6 Å². The van der Waals surface area contributed by atoms with Gasteiger partial charge in [-0.15, -0.1) is 0 Å². The summed E-state index contributed by atoms with van der Waals surface area (Å²) in [4.78, 5) is 26.8. The Morgan fingerprint density at radius 1 is 0.469 bits per heavy atom. The van der Waals surface area contributed by atoms with Crippen LogP contribution in [-0.2, 0) is 19.1 Å². The summed E-state index contributed by atoms with van der Waals surface area (Å²) in [6.45, 7) is 0. The minimum Gasteiger partial charge on any atom is -0.462 e. The molecule has 4 heteroatoms. The van der Waals surface area contributed by atoms with E-state index in [4.69, 9.17) is 9.47 Å². The number of esters is 2. The maximum Gasteiger partial charge on any atom is 0.310 e. The van der Waals surface area contributed by atoms with E-state index in [0.29, 0.717) is 23.7 Å². The van der Waals surface area contributed by atoms with Crippen LogP contribution < -0.4 is 0 Å². The lowest BCUT2D eigenvalue weighted by Crippen LogP contribution is -2.52. The molecular weight excluding hydrogens is 400 g/mol. The first-order valence-corrected chi connectivity index (χ1v) is 14.0. The van der Waals surface area contributed by atoms with Crippen LogP contribution in [0.2, 0.25) is 0 Å². The number of carbonyl (C=O) groups excluding carboxylic acids is 2. The predicted molar refractivity (Wildman–Crippen MR) is 119 cm³/mol. The smallest absolute Gasteiger partial charge is 0.310 e. The highest BCUT2D eigenvalue weighted by Crippen LogP contribution is 2.56. The minimum atomic E-state index is -0.273. The van der Waals surface area contributed by atoms with Crippen LogP contribution in [0.15, 0.2) is 0 Å². The quantitative estimate of drug-likeness (QED) is 0.540. The lowest BCUT2D eigenvalue weighted by atomic mass is 9.55. The summed E-state index contributed by atoms with van der Waals surface area (Å²) in [5.41, 5.74) is 0. The fraction of sp³-hybridized carbons (Fsp3) is 0.929. The van der Waals surface area contributed by atoms with Crippen molar-refractivity contribution in [2.75, 3.05) is 0 Å². The maximum absolute atomic E-state index is 13.4. The van der Waals surface area contributed by atoms with Crippen LogP contribution in [-0.4, -0.2) is 24.1 Å². The van der Waals surface area contributed by atoms with Crippen LogP contribution in [0.4, 0.5) is 0 Å². The van der Waals surface area contributed by atoms with Gasteiger partial charge in [0.05, 0.1) is 11.8 Å². The summed E-state index contributed by atoms with van der Waals surface area (Å²) < 4.78 is 12.6. The van der Waals surface area contributed by atoms with E-state index in [9.17, 15) is 9.59 Å². The molecule has 0 spiro atoms. The molecule has 0 amide bonds. The van der Waals surface area contributed by atoms with E-state index in [1.165, 1.54) is 64.2 Å². The summed E-state index contributed by atoms with van der Waals surface area (Å²) in [6.07, 6.45) is 16.8. The lowest BCUT2D eigenvalue weighted by molar-refractivity contribution is -0.188. The van der Waals surface area contributed by atoms with Gasteiger partial charge in [-0.3, -0.25) is 9.59 Å². The Labute approximate surface area is 192 Å². The Kier molecular flexibility index (Phi) is 4.91. The number of rotatable bonds is 4. The van der Waals surface area contributed by atoms with Crippen LogP contribution in [0.1, 0.15) is 89.9 Å². The van der Waals surface area contributed by atoms with Gasteiger partial charge in [-0.25, -0.2) is 0 Å². The Morgan fingerprint density at radius 3 is 1.09 bits per heavy atom. The predicted octanol–water partition coefficient (Wildman–Crippen LogP) is 5.53. The number of hydrogen-bond acceptors (Lipinski definition) is 4. The van der Waals surface area contributed by atoms with Gasteiger partial charge in [0.2, 0.25) is 0 Å². The second kappa shape index (κ2) is 7.73. The van der Waals surface area contributed by atoms with Crippen LogP contribution in [0, 0.1) is 59.2 Å². The summed E-state index contributed by atoms with van der Waals surface area (Å²) in [5.74, 6) is 5.15. The van der Waals surface area contributed by atoms with Crippen LogP contribution in [0.5, 0.6) is 0 Å². The van der Waals surface area contributed by atoms with Gasteiger partial charge in [0.1, 0.15) is 12.2 Å². The first-order valence-electron chi connectivity index (χ1n) is 14.0. The molecule has 0 heterocycles. The van der Waals surface area contributed by atoms with Crippen LogP contribution >= 0.6 is 0 Å². The zero-order valence-corrected chi connectivity index (χ0v) is 19.5. The van der Waals surface area contributed by atoms with E-state index in [1.54, 1.807) is 0 Å². The SMILES string of the molecule is O=C(OC1C2CC3CC(C2)CC1C3)C1CCCCC1C(=O)OC1C2CC3CC(C2)CC1C3. The summed E-state index contributed by atoms with van der Waals surface area (Å²) >= 11 is 0. The molecule has 0 aliphatic heterocycles. The second-order valence-corrected chi connectivity index (χ2v) is 13.2. The highest BCUT2D eigenvalue weighted by Gasteiger charge is 2.53. The number of carbonyl (C=O) groups is 2. The molecule has 0 radical (unpaired) electrons. The van der Waals surface area contributed by atoms with Crippen molar-refractivity contribution in [3.63, 3.8) is 0 Å². The van der Waals surface area contributed by atoms with E-state index in [2.05, 4.69) is 0 Å². The summed E-state index contributed by atoms with van der Waals surface area (Å²) in [7, 11) is 0.